The van der Waals surface area contributed by atoms with E-state index >= 15 is 0 Å². The summed E-state index contributed by atoms with van der Waals surface area (Å²) >= 11 is 0. The van der Waals surface area contributed by atoms with Crippen LogP contribution in [-0.4, -0.2) is 11.9 Å². The van der Waals surface area contributed by atoms with Gasteiger partial charge in [-0.05, 0) is 55.2 Å². The van der Waals surface area contributed by atoms with Crippen LogP contribution >= 0.6 is 0 Å². The first-order valence-corrected chi connectivity index (χ1v) is 7.38. The number of aryl methyl sites for hydroxylation is 1. The highest BCUT2D eigenvalue weighted by Crippen LogP contribution is 2.40. The molecule has 0 bridgehead atoms. The van der Waals surface area contributed by atoms with Crippen molar-refractivity contribution in [1.29, 1.82) is 5.41 Å². The van der Waals surface area contributed by atoms with Gasteiger partial charge >= 0.3 is 0 Å². The maximum atomic E-state index is 7.68. The molecule has 0 amide bonds. The van der Waals surface area contributed by atoms with Crippen LogP contribution in [0.5, 0.6) is 5.75 Å². The zero-order valence-electron chi connectivity index (χ0n) is 13.0. The van der Waals surface area contributed by atoms with Crippen LogP contribution in [0.2, 0.25) is 0 Å². The molecule has 0 radical (unpaired) electrons. The van der Waals surface area contributed by atoms with Gasteiger partial charge < -0.3 is 10.5 Å². The maximum absolute atomic E-state index is 7.68. The minimum Gasteiger partial charge on any atom is -0.490 e. The minimum atomic E-state index is 0.0723. The Labute approximate surface area is 122 Å². The lowest BCUT2D eigenvalue weighted by Crippen LogP contribution is -2.34. The van der Waals surface area contributed by atoms with Crippen molar-refractivity contribution in [1.82, 2.24) is 0 Å². The Morgan fingerprint density at radius 3 is 2.65 bits per heavy atom. The fraction of sp³-hybridized carbons (Fsp3) is 0.588. The number of nitrogens with two attached hydrogens (primary N) is 1. The second-order valence-corrected chi connectivity index (χ2v) is 7.07. The second kappa shape index (κ2) is 5.47. The summed E-state index contributed by atoms with van der Waals surface area (Å²) in [7, 11) is 0. The van der Waals surface area contributed by atoms with E-state index in [0.717, 1.165) is 24.2 Å². The van der Waals surface area contributed by atoms with E-state index in [-0.39, 0.29) is 11.9 Å². The van der Waals surface area contributed by atoms with Crippen molar-refractivity contribution in [2.24, 2.45) is 17.1 Å². The number of nitrogens with one attached hydrogen (secondary N) is 1. The SMILES string of the molecule is Cc1ccc(C(=N)N)c(OC2CC(C)CC(C)(C)C2)c1. The number of ether oxygens (including phenoxy) is 1. The van der Waals surface area contributed by atoms with Crippen molar-refractivity contribution in [3.63, 3.8) is 0 Å². The number of benzene rings is 1. The summed E-state index contributed by atoms with van der Waals surface area (Å²) in [6, 6.07) is 5.84. The Bertz CT molecular complexity index is 508. The van der Waals surface area contributed by atoms with Gasteiger partial charge in [-0.1, -0.05) is 26.8 Å². The van der Waals surface area contributed by atoms with Crippen molar-refractivity contribution in [3.05, 3.63) is 29.3 Å². The molecule has 20 heavy (non-hydrogen) atoms. The molecule has 1 aromatic carbocycles. The maximum Gasteiger partial charge on any atom is 0.130 e. The molecule has 2 rings (SSSR count). The fourth-order valence-electron chi connectivity index (χ4n) is 3.48. The number of hydrogen-bond acceptors (Lipinski definition) is 2. The second-order valence-electron chi connectivity index (χ2n) is 7.07. The lowest BCUT2D eigenvalue weighted by Gasteiger charge is -2.39. The van der Waals surface area contributed by atoms with Crippen LogP contribution in [0.4, 0.5) is 0 Å². The smallest absolute Gasteiger partial charge is 0.130 e. The molecule has 0 spiro atoms. The van der Waals surface area contributed by atoms with E-state index in [2.05, 4.69) is 20.8 Å². The Hall–Kier alpha value is -1.51. The van der Waals surface area contributed by atoms with E-state index in [1.165, 1.54) is 6.42 Å². The van der Waals surface area contributed by atoms with Gasteiger partial charge in [-0.2, -0.15) is 0 Å². The first-order chi connectivity index (χ1) is 9.27. The van der Waals surface area contributed by atoms with Crippen LogP contribution in [0.3, 0.4) is 0 Å². The molecular weight excluding hydrogens is 248 g/mol. The third-order valence-electron chi connectivity index (χ3n) is 4.07. The first-order valence-electron chi connectivity index (χ1n) is 7.38. The van der Waals surface area contributed by atoms with E-state index in [1.807, 2.05) is 25.1 Å². The molecule has 3 nitrogen and oxygen atoms in total. The number of rotatable bonds is 3. The monoisotopic (exact) mass is 274 g/mol. The van der Waals surface area contributed by atoms with Gasteiger partial charge in [0.2, 0.25) is 0 Å². The summed E-state index contributed by atoms with van der Waals surface area (Å²) in [4.78, 5) is 0. The van der Waals surface area contributed by atoms with E-state index in [1.54, 1.807) is 0 Å². The van der Waals surface area contributed by atoms with Gasteiger partial charge in [0.25, 0.3) is 0 Å². The van der Waals surface area contributed by atoms with Gasteiger partial charge in [-0.3, -0.25) is 5.41 Å². The molecule has 3 N–H and O–H groups in total. The Balaban J connectivity index is 2.21. The quantitative estimate of drug-likeness (QED) is 0.649. The Kier molecular flexibility index (Phi) is 4.07. The van der Waals surface area contributed by atoms with E-state index in [4.69, 9.17) is 15.9 Å². The van der Waals surface area contributed by atoms with Gasteiger partial charge in [0.15, 0.2) is 0 Å². The lowest BCUT2D eigenvalue weighted by atomic mass is 9.71. The summed E-state index contributed by atoms with van der Waals surface area (Å²) in [5.41, 5.74) is 7.81. The normalized spacial score (nSPS) is 25.2. The Morgan fingerprint density at radius 2 is 2.05 bits per heavy atom. The van der Waals surface area contributed by atoms with Crippen molar-refractivity contribution in [3.8, 4) is 5.75 Å². The standard InChI is InChI=1S/C17H26N2O/c1-11-5-6-14(16(18)19)15(8-11)20-13-7-12(2)9-17(3,4)10-13/h5-6,8,12-13H,7,9-10H2,1-4H3,(H3,18,19). The molecule has 0 aliphatic heterocycles. The summed E-state index contributed by atoms with van der Waals surface area (Å²) in [6.07, 6.45) is 3.60. The van der Waals surface area contributed by atoms with Crippen LogP contribution in [0.15, 0.2) is 18.2 Å². The summed E-state index contributed by atoms with van der Waals surface area (Å²) in [5, 5.41) is 7.68. The molecule has 1 saturated carbocycles. The summed E-state index contributed by atoms with van der Waals surface area (Å²) < 4.78 is 6.21. The molecular formula is C17H26N2O. The van der Waals surface area contributed by atoms with Crippen molar-refractivity contribution >= 4 is 5.84 Å². The Morgan fingerprint density at radius 1 is 1.35 bits per heavy atom. The molecule has 2 atom stereocenters. The lowest BCUT2D eigenvalue weighted by molar-refractivity contribution is 0.0561. The average Bonchev–Trinajstić information content (AvgIpc) is 2.25. The fourth-order valence-corrected chi connectivity index (χ4v) is 3.48. The largest absolute Gasteiger partial charge is 0.490 e. The summed E-state index contributed by atoms with van der Waals surface area (Å²) in [5.74, 6) is 1.50. The van der Waals surface area contributed by atoms with Crippen LogP contribution in [-0.2, 0) is 0 Å². The number of amidine groups is 1. The third-order valence-corrected chi connectivity index (χ3v) is 4.07. The molecule has 0 heterocycles. The number of nitrogen functional groups attached to an aromatic ring is 1. The van der Waals surface area contributed by atoms with Crippen LogP contribution in [0.25, 0.3) is 0 Å². The van der Waals surface area contributed by atoms with Crippen molar-refractivity contribution in [2.75, 3.05) is 0 Å². The van der Waals surface area contributed by atoms with Crippen molar-refractivity contribution < 1.29 is 4.74 Å². The molecule has 110 valence electrons. The van der Waals surface area contributed by atoms with Crippen molar-refractivity contribution in [2.45, 2.75) is 53.1 Å². The highest BCUT2D eigenvalue weighted by molar-refractivity contribution is 5.97. The predicted molar refractivity (Wildman–Crippen MR) is 83.4 cm³/mol. The topological polar surface area (TPSA) is 59.1 Å². The van der Waals surface area contributed by atoms with Gasteiger partial charge in [0, 0.05) is 0 Å². The predicted octanol–water partition coefficient (Wildman–Crippen LogP) is 3.87. The van der Waals surface area contributed by atoms with Gasteiger partial charge in [-0.15, -0.1) is 0 Å². The minimum absolute atomic E-state index is 0.0723. The number of hydrogen-bond donors (Lipinski definition) is 2. The zero-order chi connectivity index (χ0) is 14.9. The highest BCUT2D eigenvalue weighted by atomic mass is 16.5. The third kappa shape index (κ3) is 3.53. The molecule has 1 aliphatic rings. The van der Waals surface area contributed by atoms with Crippen LogP contribution in [0, 0.1) is 23.7 Å². The van der Waals surface area contributed by atoms with Crippen LogP contribution in [0.1, 0.15) is 51.2 Å². The highest BCUT2D eigenvalue weighted by Gasteiger charge is 2.33. The first kappa shape index (κ1) is 14.9. The molecule has 3 heteroatoms. The summed E-state index contributed by atoms with van der Waals surface area (Å²) in [6.45, 7) is 8.94. The van der Waals surface area contributed by atoms with E-state index in [9.17, 15) is 0 Å². The molecule has 1 fully saturated rings. The van der Waals surface area contributed by atoms with Gasteiger partial charge in [0.05, 0.1) is 11.7 Å². The molecule has 0 aromatic heterocycles. The molecule has 1 aromatic rings. The van der Waals surface area contributed by atoms with Gasteiger partial charge in [-0.25, -0.2) is 0 Å². The van der Waals surface area contributed by atoms with Crippen LogP contribution < -0.4 is 10.5 Å². The van der Waals surface area contributed by atoms with Gasteiger partial charge in [0.1, 0.15) is 11.6 Å². The molecule has 0 saturated heterocycles. The zero-order valence-corrected chi connectivity index (χ0v) is 13.0. The average molecular weight is 274 g/mol. The molecule has 1 aliphatic carbocycles. The van der Waals surface area contributed by atoms with E-state index in [0.29, 0.717) is 16.9 Å². The van der Waals surface area contributed by atoms with E-state index < -0.39 is 0 Å². The molecule has 2 unspecified atom stereocenters.